The summed E-state index contributed by atoms with van der Waals surface area (Å²) in [6, 6.07) is -0.186. The number of rotatable bonds is 4. The van der Waals surface area contributed by atoms with E-state index in [1.54, 1.807) is 6.92 Å². The molecule has 16 heavy (non-hydrogen) atoms. The second-order valence-electron chi connectivity index (χ2n) is 3.30. The quantitative estimate of drug-likeness (QED) is 0.828. The van der Waals surface area contributed by atoms with Crippen molar-refractivity contribution in [3.8, 4) is 0 Å². The second-order valence-corrected chi connectivity index (χ2v) is 5.70. The maximum atomic E-state index is 13.2. The summed E-state index contributed by atoms with van der Waals surface area (Å²) in [4.78, 5) is 0.192. The van der Waals surface area contributed by atoms with Crippen molar-refractivity contribution in [2.75, 3.05) is 7.05 Å². The molecule has 1 heterocycles. The third-order valence-corrected chi connectivity index (χ3v) is 4.33. The van der Waals surface area contributed by atoms with Crippen molar-refractivity contribution in [2.45, 2.75) is 25.3 Å². The first-order valence-corrected chi connectivity index (χ1v) is 6.00. The van der Waals surface area contributed by atoms with Crippen molar-refractivity contribution in [2.24, 2.45) is 0 Å². The number of hydrogen-bond donors (Lipinski definition) is 1. The lowest BCUT2D eigenvalue weighted by Gasteiger charge is -2.24. The molecule has 1 atom stereocenters. The summed E-state index contributed by atoms with van der Waals surface area (Å²) in [5, 5.41) is 2.24. The Balaban J connectivity index is 3.07. The predicted octanol–water partition coefficient (Wildman–Crippen LogP) is 3.98. The SMILES string of the molecule is CNC(c1cc(C)c(Br)s1)C(F)(F)C(F)F. The van der Waals surface area contributed by atoms with Gasteiger partial charge in [-0.15, -0.1) is 11.3 Å². The van der Waals surface area contributed by atoms with Crippen molar-refractivity contribution >= 4 is 27.3 Å². The Bertz CT molecular complexity index is 347. The zero-order chi connectivity index (χ0) is 12.5. The number of aryl methyl sites for hydroxylation is 1. The van der Waals surface area contributed by atoms with Crippen LogP contribution in [0, 0.1) is 6.92 Å². The van der Waals surface area contributed by atoms with Gasteiger partial charge in [0.15, 0.2) is 0 Å². The third kappa shape index (κ3) is 2.57. The van der Waals surface area contributed by atoms with Gasteiger partial charge in [0.05, 0.1) is 3.79 Å². The van der Waals surface area contributed by atoms with Crippen LogP contribution >= 0.6 is 27.3 Å². The van der Waals surface area contributed by atoms with Gasteiger partial charge in [-0.25, -0.2) is 8.78 Å². The molecule has 0 aliphatic rings. The van der Waals surface area contributed by atoms with E-state index in [4.69, 9.17) is 0 Å². The number of hydrogen-bond acceptors (Lipinski definition) is 2. The molecule has 0 aliphatic heterocycles. The summed E-state index contributed by atoms with van der Waals surface area (Å²) >= 11 is 4.21. The van der Waals surface area contributed by atoms with E-state index >= 15 is 0 Å². The van der Waals surface area contributed by atoms with Gasteiger partial charge in [0, 0.05) is 4.88 Å². The van der Waals surface area contributed by atoms with E-state index < -0.39 is 18.4 Å². The highest BCUT2D eigenvalue weighted by Crippen LogP contribution is 2.41. The standard InChI is InChI=1S/C9H10BrF4NS/c1-4-3-5(16-7(4)10)6(15-2)9(13,14)8(11)12/h3,6,8,15H,1-2H3. The molecular weight excluding hydrogens is 310 g/mol. The lowest BCUT2D eigenvalue weighted by molar-refractivity contribution is -0.149. The topological polar surface area (TPSA) is 12.0 Å². The van der Waals surface area contributed by atoms with E-state index in [0.717, 1.165) is 16.9 Å². The minimum Gasteiger partial charge on any atom is -0.307 e. The summed E-state index contributed by atoms with van der Waals surface area (Å²) in [7, 11) is 1.24. The Kier molecular flexibility index (Phi) is 4.36. The molecule has 1 aromatic rings. The van der Waals surface area contributed by atoms with Gasteiger partial charge < -0.3 is 5.32 Å². The van der Waals surface area contributed by atoms with Gasteiger partial charge in [0.25, 0.3) is 0 Å². The summed E-state index contributed by atoms with van der Waals surface area (Å²) < 4.78 is 51.6. The van der Waals surface area contributed by atoms with Crippen molar-refractivity contribution in [3.63, 3.8) is 0 Å². The summed E-state index contributed by atoms with van der Waals surface area (Å²) in [5.41, 5.74) is 0.755. The molecule has 0 saturated heterocycles. The van der Waals surface area contributed by atoms with Gasteiger partial charge in [-0.3, -0.25) is 0 Å². The predicted molar refractivity (Wildman–Crippen MR) is 59.5 cm³/mol. The van der Waals surface area contributed by atoms with E-state index in [0.29, 0.717) is 3.79 Å². The van der Waals surface area contributed by atoms with Crippen molar-refractivity contribution in [3.05, 3.63) is 20.3 Å². The van der Waals surface area contributed by atoms with Crippen LogP contribution in [0.2, 0.25) is 0 Å². The average molecular weight is 320 g/mol. The van der Waals surface area contributed by atoms with E-state index in [2.05, 4.69) is 21.2 Å². The molecular formula is C9H10BrF4NS. The minimum absolute atomic E-state index is 0.192. The van der Waals surface area contributed by atoms with Gasteiger partial charge in [0.2, 0.25) is 0 Å². The fourth-order valence-corrected chi connectivity index (χ4v) is 3.01. The lowest BCUT2D eigenvalue weighted by atomic mass is 10.1. The first kappa shape index (κ1) is 13.9. The molecule has 0 saturated carbocycles. The second kappa shape index (κ2) is 5.01. The first-order chi connectivity index (χ1) is 7.30. The van der Waals surface area contributed by atoms with Crippen LogP contribution < -0.4 is 5.32 Å². The van der Waals surface area contributed by atoms with Gasteiger partial charge in [-0.05, 0) is 41.5 Å². The van der Waals surface area contributed by atoms with Gasteiger partial charge >= 0.3 is 12.3 Å². The lowest BCUT2D eigenvalue weighted by Crippen LogP contribution is -2.40. The van der Waals surface area contributed by atoms with Crippen LogP contribution in [0.4, 0.5) is 17.6 Å². The summed E-state index contributed by atoms with van der Waals surface area (Å²) in [6.45, 7) is 1.72. The number of alkyl halides is 4. The Morgan fingerprint density at radius 2 is 2.00 bits per heavy atom. The van der Waals surface area contributed by atoms with Crippen molar-refractivity contribution in [1.82, 2.24) is 5.32 Å². The molecule has 1 rings (SSSR count). The molecule has 0 amide bonds. The largest absolute Gasteiger partial charge is 0.327 e. The zero-order valence-corrected chi connectivity index (χ0v) is 10.9. The first-order valence-electron chi connectivity index (χ1n) is 4.39. The van der Waals surface area contributed by atoms with E-state index in [1.807, 2.05) is 0 Å². The van der Waals surface area contributed by atoms with E-state index in [-0.39, 0.29) is 4.88 Å². The van der Waals surface area contributed by atoms with Gasteiger partial charge in [-0.2, -0.15) is 8.78 Å². The van der Waals surface area contributed by atoms with Crippen molar-refractivity contribution in [1.29, 1.82) is 0 Å². The molecule has 1 unspecified atom stereocenters. The van der Waals surface area contributed by atoms with Crippen molar-refractivity contribution < 1.29 is 17.6 Å². The monoisotopic (exact) mass is 319 g/mol. The maximum absolute atomic E-state index is 13.2. The fourth-order valence-electron chi connectivity index (χ4n) is 1.28. The molecule has 92 valence electrons. The molecule has 0 aromatic carbocycles. The number of thiophene rings is 1. The Morgan fingerprint density at radius 3 is 2.31 bits per heavy atom. The molecule has 1 N–H and O–H groups in total. The molecule has 1 nitrogen and oxygen atoms in total. The molecule has 0 spiro atoms. The fraction of sp³-hybridized carbons (Fsp3) is 0.556. The Hall–Kier alpha value is -0.140. The molecule has 1 aromatic heterocycles. The van der Waals surface area contributed by atoms with Crippen LogP contribution in [-0.2, 0) is 0 Å². The maximum Gasteiger partial charge on any atom is 0.327 e. The molecule has 0 aliphatic carbocycles. The van der Waals surface area contributed by atoms with Crippen LogP contribution in [0.5, 0.6) is 0 Å². The summed E-state index contributed by atoms with van der Waals surface area (Å²) in [5.74, 6) is -4.08. The highest BCUT2D eigenvalue weighted by molar-refractivity contribution is 9.11. The van der Waals surface area contributed by atoms with Crippen LogP contribution in [-0.4, -0.2) is 19.4 Å². The van der Waals surface area contributed by atoms with Crippen LogP contribution in [0.25, 0.3) is 0 Å². The number of halogens is 5. The minimum atomic E-state index is -4.08. The van der Waals surface area contributed by atoms with Crippen LogP contribution in [0.3, 0.4) is 0 Å². The molecule has 0 radical (unpaired) electrons. The highest BCUT2D eigenvalue weighted by atomic mass is 79.9. The van der Waals surface area contributed by atoms with E-state index in [1.165, 1.54) is 13.1 Å². The Labute approximate surface area is 103 Å². The molecule has 0 bridgehead atoms. The molecule has 7 heteroatoms. The highest BCUT2D eigenvalue weighted by Gasteiger charge is 2.49. The Morgan fingerprint density at radius 1 is 1.44 bits per heavy atom. The third-order valence-electron chi connectivity index (χ3n) is 2.13. The summed E-state index contributed by atoms with van der Waals surface area (Å²) in [6.07, 6.45) is -3.69. The van der Waals surface area contributed by atoms with E-state index in [9.17, 15) is 17.6 Å². The zero-order valence-electron chi connectivity index (χ0n) is 8.53. The average Bonchev–Trinajstić information content (AvgIpc) is 2.47. The normalized spacial score (nSPS) is 14.5. The number of nitrogens with one attached hydrogen (secondary N) is 1. The van der Waals surface area contributed by atoms with Gasteiger partial charge in [0.1, 0.15) is 6.04 Å². The van der Waals surface area contributed by atoms with Crippen LogP contribution in [0.15, 0.2) is 9.85 Å². The smallest absolute Gasteiger partial charge is 0.307 e. The van der Waals surface area contributed by atoms with Crippen LogP contribution in [0.1, 0.15) is 16.5 Å². The molecule has 0 fully saturated rings. The van der Waals surface area contributed by atoms with Gasteiger partial charge in [-0.1, -0.05) is 0 Å².